The Kier molecular flexibility index (Phi) is 5.90. The number of hydrogen-bond donors (Lipinski definition) is 1. The summed E-state index contributed by atoms with van der Waals surface area (Å²) in [6.07, 6.45) is 0. The summed E-state index contributed by atoms with van der Waals surface area (Å²) < 4.78 is 38.6. The predicted molar refractivity (Wildman–Crippen MR) is 62.8 cm³/mol. The van der Waals surface area contributed by atoms with Gasteiger partial charge < -0.3 is 14.2 Å². The zero-order chi connectivity index (χ0) is 12.3. The third-order valence-electron chi connectivity index (χ3n) is 2.49. The van der Waals surface area contributed by atoms with Gasteiger partial charge >= 0.3 is 29.6 Å². The van der Waals surface area contributed by atoms with Crippen LogP contribution in [0.1, 0.15) is 0 Å². The van der Waals surface area contributed by atoms with E-state index in [0.29, 0.717) is 13.2 Å². The fraction of sp³-hybridized carbons (Fsp3) is 0.400. The molecule has 6 nitrogen and oxygen atoms in total. The fourth-order valence-corrected chi connectivity index (χ4v) is 2.13. The van der Waals surface area contributed by atoms with E-state index in [1.807, 2.05) is 4.72 Å². The molecule has 94 valence electrons. The molecule has 0 spiro atoms. The molecule has 0 unspecified atom stereocenters. The van der Waals surface area contributed by atoms with Crippen LogP contribution in [0.15, 0.2) is 24.3 Å². The van der Waals surface area contributed by atoms with E-state index in [2.05, 4.69) is 4.90 Å². The van der Waals surface area contributed by atoms with Crippen LogP contribution in [-0.2, 0) is 15.0 Å². The van der Waals surface area contributed by atoms with Crippen molar-refractivity contribution in [1.82, 2.24) is 0 Å². The Morgan fingerprint density at radius 2 is 1.72 bits per heavy atom. The molecule has 1 aliphatic heterocycles. The van der Waals surface area contributed by atoms with Gasteiger partial charge in [-0.1, -0.05) is 0 Å². The van der Waals surface area contributed by atoms with Crippen LogP contribution in [-0.4, -0.2) is 39.3 Å². The summed E-state index contributed by atoms with van der Waals surface area (Å²) in [7, 11) is -4.45. The van der Waals surface area contributed by atoms with Crippen molar-refractivity contribution in [3.63, 3.8) is 0 Å². The van der Waals surface area contributed by atoms with E-state index in [1.54, 1.807) is 24.3 Å². The number of benzene rings is 1. The quantitative estimate of drug-likeness (QED) is 0.485. The van der Waals surface area contributed by atoms with Crippen LogP contribution < -0.4 is 39.2 Å². The van der Waals surface area contributed by atoms with Crippen molar-refractivity contribution in [3.05, 3.63) is 24.3 Å². The number of rotatable bonds is 3. The molecule has 1 N–H and O–H groups in total. The van der Waals surface area contributed by atoms with E-state index in [9.17, 15) is 13.0 Å². The average molecular weight is 280 g/mol. The van der Waals surface area contributed by atoms with Gasteiger partial charge in [-0.2, -0.15) is 0 Å². The van der Waals surface area contributed by atoms with Gasteiger partial charge in [0.05, 0.1) is 13.2 Å². The van der Waals surface area contributed by atoms with Gasteiger partial charge in [0.25, 0.3) is 0 Å². The number of ether oxygens (including phenoxy) is 1. The number of hydrogen-bond acceptors (Lipinski definition) is 5. The van der Waals surface area contributed by atoms with Gasteiger partial charge in [-0.3, -0.25) is 4.72 Å². The fourth-order valence-electron chi connectivity index (χ4n) is 1.71. The molecule has 1 fully saturated rings. The van der Waals surface area contributed by atoms with Crippen LogP contribution in [0.4, 0.5) is 11.4 Å². The summed E-state index contributed by atoms with van der Waals surface area (Å²) in [4.78, 5) is 2.14. The van der Waals surface area contributed by atoms with Crippen LogP contribution in [0.25, 0.3) is 0 Å². The second kappa shape index (κ2) is 6.74. The smallest absolute Gasteiger partial charge is 0.731 e. The Morgan fingerprint density at radius 3 is 2.22 bits per heavy atom. The van der Waals surface area contributed by atoms with E-state index in [-0.39, 0.29) is 35.2 Å². The summed E-state index contributed by atoms with van der Waals surface area (Å²) in [6.45, 7) is 3.00. The van der Waals surface area contributed by atoms with Crippen LogP contribution >= 0.6 is 0 Å². The molecule has 18 heavy (non-hydrogen) atoms. The first-order chi connectivity index (χ1) is 8.04. The van der Waals surface area contributed by atoms with Crippen molar-refractivity contribution >= 4 is 21.7 Å². The molecule has 1 aromatic rings. The van der Waals surface area contributed by atoms with Crippen molar-refractivity contribution in [3.8, 4) is 0 Å². The summed E-state index contributed by atoms with van der Waals surface area (Å²) >= 11 is 0. The molecule has 2 rings (SSSR count). The second-order valence-electron chi connectivity index (χ2n) is 3.70. The third kappa shape index (κ3) is 4.75. The molecule has 0 radical (unpaired) electrons. The van der Waals surface area contributed by atoms with Crippen molar-refractivity contribution in [2.24, 2.45) is 0 Å². The molecule has 0 atom stereocenters. The predicted octanol–water partition coefficient (Wildman–Crippen LogP) is -2.60. The first-order valence-corrected chi connectivity index (χ1v) is 6.62. The zero-order valence-corrected chi connectivity index (χ0v) is 12.9. The minimum absolute atomic E-state index is 0. The summed E-state index contributed by atoms with van der Waals surface area (Å²) in [5.41, 5.74) is 1.26. The summed E-state index contributed by atoms with van der Waals surface area (Å²) in [5.74, 6) is 0. The van der Waals surface area contributed by atoms with Gasteiger partial charge in [0, 0.05) is 24.5 Å². The van der Waals surface area contributed by atoms with Crippen molar-refractivity contribution in [2.75, 3.05) is 35.9 Å². The summed E-state index contributed by atoms with van der Waals surface area (Å²) in [6, 6.07) is 6.69. The van der Waals surface area contributed by atoms with Gasteiger partial charge in [0.1, 0.15) is 0 Å². The maximum atomic E-state index is 10.5. The Bertz CT molecular complexity index is 471. The van der Waals surface area contributed by atoms with Crippen LogP contribution in [0, 0.1) is 0 Å². The van der Waals surface area contributed by atoms with Crippen molar-refractivity contribution in [2.45, 2.75) is 0 Å². The maximum Gasteiger partial charge on any atom is 1.00 e. The van der Waals surface area contributed by atoms with Gasteiger partial charge in [-0.25, -0.2) is 8.42 Å². The molecule has 8 heteroatoms. The van der Waals surface area contributed by atoms with E-state index < -0.39 is 10.3 Å². The molecule has 0 saturated carbocycles. The largest absolute Gasteiger partial charge is 1.00 e. The zero-order valence-electron chi connectivity index (χ0n) is 10.1. The number of morpholine rings is 1. The van der Waals surface area contributed by atoms with Crippen LogP contribution in [0.2, 0.25) is 0 Å². The van der Waals surface area contributed by atoms with Crippen LogP contribution in [0.5, 0.6) is 0 Å². The van der Waals surface area contributed by atoms with E-state index in [1.165, 1.54) is 0 Å². The molecule has 0 bridgehead atoms. The Morgan fingerprint density at radius 1 is 1.17 bits per heavy atom. The van der Waals surface area contributed by atoms with Gasteiger partial charge in [-0.15, -0.1) is 0 Å². The van der Waals surface area contributed by atoms with Crippen LogP contribution in [0.3, 0.4) is 0 Å². The Balaban J connectivity index is 0.00000162. The van der Waals surface area contributed by atoms with E-state index in [0.717, 1.165) is 18.8 Å². The first kappa shape index (κ1) is 15.7. The number of nitrogens with zero attached hydrogens (tertiary/aromatic N) is 1. The van der Waals surface area contributed by atoms with E-state index >= 15 is 0 Å². The third-order valence-corrected chi connectivity index (χ3v) is 2.97. The SMILES string of the molecule is O=S(=O)([O-])Nc1ccc(N2CCOCC2)cc1.[Na+]. The van der Waals surface area contributed by atoms with Crippen molar-refractivity contribution in [1.29, 1.82) is 0 Å². The molecule has 1 aliphatic rings. The molecule has 0 aliphatic carbocycles. The number of nitrogens with one attached hydrogen (secondary N) is 1. The summed E-state index contributed by atoms with van der Waals surface area (Å²) in [5, 5.41) is 0. The molecule has 1 saturated heterocycles. The Labute approximate surface area is 128 Å². The van der Waals surface area contributed by atoms with Gasteiger partial charge in [0.2, 0.25) is 0 Å². The molecule has 1 heterocycles. The standard InChI is InChI=1S/C10H14N2O4S.Na/c13-17(14,15)11-9-1-3-10(4-2-9)12-5-7-16-8-6-12;/h1-4,11H,5-8H2,(H,13,14,15);/q;+1/p-1. The minimum Gasteiger partial charge on any atom is -0.731 e. The van der Waals surface area contributed by atoms with Gasteiger partial charge in [-0.05, 0) is 24.3 Å². The second-order valence-corrected chi connectivity index (χ2v) is 4.81. The number of anilines is 2. The monoisotopic (exact) mass is 280 g/mol. The molecule has 0 aromatic heterocycles. The maximum absolute atomic E-state index is 10.5. The molecular weight excluding hydrogens is 267 g/mol. The first-order valence-electron chi connectivity index (χ1n) is 5.21. The molecule has 1 aromatic carbocycles. The molecule has 0 amide bonds. The average Bonchev–Trinajstić information content (AvgIpc) is 2.29. The van der Waals surface area contributed by atoms with E-state index in [4.69, 9.17) is 4.74 Å². The van der Waals surface area contributed by atoms with Gasteiger partial charge in [0.15, 0.2) is 10.3 Å². The topological polar surface area (TPSA) is 81.7 Å². The van der Waals surface area contributed by atoms with Crippen molar-refractivity contribution < 1.29 is 47.3 Å². The Hall–Kier alpha value is -0.310. The normalized spacial score (nSPS) is 15.9. The minimum atomic E-state index is -4.45. The molecular formula is C10H13N2NaO4S.